The highest BCUT2D eigenvalue weighted by atomic mass is 14.9. The van der Waals surface area contributed by atoms with Gasteiger partial charge in [0.05, 0.1) is 0 Å². The van der Waals surface area contributed by atoms with Gasteiger partial charge in [-0.2, -0.15) is 0 Å². The average Bonchev–Trinajstić information content (AvgIpc) is 2.42. The second kappa shape index (κ2) is 10.00. The Bertz CT molecular complexity index is 385. The summed E-state index contributed by atoms with van der Waals surface area (Å²) in [5, 5.41) is 3.69. The molecule has 1 atom stereocenters. The van der Waals surface area contributed by atoms with Gasteiger partial charge in [-0.3, -0.25) is 0 Å². The largest absolute Gasteiger partial charge is 0.314 e. The molecule has 0 spiro atoms. The van der Waals surface area contributed by atoms with Crippen LogP contribution in [0.15, 0.2) is 12.1 Å². The lowest BCUT2D eigenvalue weighted by Gasteiger charge is -2.21. The van der Waals surface area contributed by atoms with Crippen LogP contribution in [-0.2, 0) is 6.42 Å². The van der Waals surface area contributed by atoms with Crippen molar-refractivity contribution < 1.29 is 0 Å². The van der Waals surface area contributed by atoms with Crippen LogP contribution in [0.2, 0.25) is 0 Å². The average molecular weight is 290 g/mol. The number of aryl methyl sites for hydroxylation is 3. The molecular formula is C20H35N. The number of unbranched alkanes of at least 4 members (excludes halogenated alkanes) is 4. The van der Waals surface area contributed by atoms with Gasteiger partial charge >= 0.3 is 0 Å². The third kappa shape index (κ3) is 6.65. The van der Waals surface area contributed by atoms with Crippen LogP contribution in [-0.4, -0.2) is 12.6 Å². The van der Waals surface area contributed by atoms with E-state index in [-0.39, 0.29) is 0 Å². The molecule has 0 saturated carbocycles. The molecular weight excluding hydrogens is 254 g/mol. The smallest absolute Gasteiger partial charge is 0.0108 e. The molecule has 0 aliphatic heterocycles. The van der Waals surface area contributed by atoms with Gasteiger partial charge in [0.2, 0.25) is 0 Å². The molecule has 1 unspecified atom stereocenters. The van der Waals surface area contributed by atoms with E-state index in [9.17, 15) is 0 Å². The summed E-state index contributed by atoms with van der Waals surface area (Å²) in [6.07, 6.45) is 9.37. The minimum Gasteiger partial charge on any atom is -0.314 e. The first-order chi connectivity index (χ1) is 10.1. The third-order valence-corrected chi connectivity index (χ3v) is 4.44. The molecule has 0 aliphatic carbocycles. The highest BCUT2D eigenvalue weighted by molar-refractivity contribution is 5.38. The first-order valence-corrected chi connectivity index (χ1v) is 8.88. The predicted molar refractivity (Wildman–Crippen MR) is 95.2 cm³/mol. The zero-order valence-corrected chi connectivity index (χ0v) is 14.9. The zero-order valence-electron chi connectivity index (χ0n) is 14.9. The molecule has 0 bridgehead atoms. The fraction of sp³-hybridized carbons (Fsp3) is 0.700. The SMILES string of the molecule is CCCCCCCC(Cc1c(C)cc(C)cc1C)NCC. The molecule has 1 rings (SSSR count). The van der Waals surface area contributed by atoms with Crippen LogP contribution in [0.3, 0.4) is 0 Å². The van der Waals surface area contributed by atoms with Gasteiger partial charge in [0.1, 0.15) is 0 Å². The monoisotopic (exact) mass is 289 g/mol. The Hall–Kier alpha value is -0.820. The van der Waals surface area contributed by atoms with Crippen LogP contribution < -0.4 is 5.32 Å². The molecule has 1 nitrogen and oxygen atoms in total. The summed E-state index contributed by atoms with van der Waals surface area (Å²) < 4.78 is 0. The Morgan fingerprint density at radius 3 is 2.10 bits per heavy atom. The lowest BCUT2D eigenvalue weighted by Crippen LogP contribution is -2.31. The van der Waals surface area contributed by atoms with Gasteiger partial charge in [0, 0.05) is 6.04 Å². The van der Waals surface area contributed by atoms with E-state index in [4.69, 9.17) is 0 Å². The van der Waals surface area contributed by atoms with E-state index in [1.807, 2.05) is 0 Å². The Balaban J connectivity index is 2.57. The van der Waals surface area contributed by atoms with Gasteiger partial charge < -0.3 is 5.32 Å². The molecule has 1 N–H and O–H groups in total. The topological polar surface area (TPSA) is 12.0 Å². The quantitative estimate of drug-likeness (QED) is 0.561. The van der Waals surface area contributed by atoms with Crippen molar-refractivity contribution >= 4 is 0 Å². The summed E-state index contributed by atoms with van der Waals surface area (Å²) in [5.41, 5.74) is 5.86. The van der Waals surface area contributed by atoms with Gasteiger partial charge in [-0.15, -0.1) is 0 Å². The minimum absolute atomic E-state index is 0.636. The van der Waals surface area contributed by atoms with E-state index < -0.39 is 0 Å². The number of nitrogens with one attached hydrogen (secondary N) is 1. The van der Waals surface area contributed by atoms with E-state index in [1.165, 1.54) is 61.6 Å². The summed E-state index contributed by atoms with van der Waals surface area (Å²) in [7, 11) is 0. The summed E-state index contributed by atoms with van der Waals surface area (Å²) in [4.78, 5) is 0. The van der Waals surface area contributed by atoms with Crippen LogP contribution in [0.25, 0.3) is 0 Å². The Morgan fingerprint density at radius 1 is 0.905 bits per heavy atom. The highest BCUT2D eigenvalue weighted by Crippen LogP contribution is 2.20. The maximum Gasteiger partial charge on any atom is 0.0108 e. The molecule has 0 aliphatic rings. The van der Waals surface area contributed by atoms with Crippen molar-refractivity contribution in [3.8, 4) is 0 Å². The lowest BCUT2D eigenvalue weighted by molar-refractivity contribution is 0.460. The molecule has 0 amide bonds. The molecule has 120 valence electrons. The van der Waals surface area contributed by atoms with Crippen molar-refractivity contribution in [2.45, 2.75) is 85.6 Å². The maximum atomic E-state index is 3.69. The lowest BCUT2D eigenvalue weighted by atomic mass is 9.92. The fourth-order valence-electron chi connectivity index (χ4n) is 3.34. The fourth-order valence-corrected chi connectivity index (χ4v) is 3.34. The van der Waals surface area contributed by atoms with Crippen LogP contribution in [0, 0.1) is 20.8 Å². The van der Waals surface area contributed by atoms with Gasteiger partial charge in [0.25, 0.3) is 0 Å². The number of likely N-dealkylation sites (N-methyl/N-ethyl adjacent to an activating group) is 1. The molecule has 1 aromatic carbocycles. The number of hydrogen-bond acceptors (Lipinski definition) is 1. The number of rotatable bonds is 10. The summed E-state index contributed by atoms with van der Waals surface area (Å²) in [5.74, 6) is 0. The van der Waals surface area contributed by atoms with Crippen LogP contribution in [0.1, 0.15) is 74.6 Å². The summed E-state index contributed by atoms with van der Waals surface area (Å²) in [6, 6.07) is 5.29. The molecule has 0 saturated heterocycles. The van der Waals surface area contributed by atoms with Crippen molar-refractivity contribution in [3.63, 3.8) is 0 Å². The number of benzene rings is 1. The van der Waals surface area contributed by atoms with Gasteiger partial charge in [-0.1, -0.05) is 63.6 Å². The van der Waals surface area contributed by atoms with Gasteiger partial charge in [-0.25, -0.2) is 0 Å². The van der Waals surface area contributed by atoms with Gasteiger partial charge in [-0.05, 0) is 56.8 Å². The predicted octanol–water partition coefficient (Wildman–Crippen LogP) is 5.49. The molecule has 0 heterocycles. The van der Waals surface area contributed by atoms with Crippen molar-refractivity contribution in [2.24, 2.45) is 0 Å². The Labute approximate surface area is 132 Å². The van der Waals surface area contributed by atoms with Crippen LogP contribution in [0.4, 0.5) is 0 Å². The van der Waals surface area contributed by atoms with E-state index in [2.05, 4.69) is 52.1 Å². The third-order valence-electron chi connectivity index (χ3n) is 4.44. The molecule has 1 heteroatoms. The second-order valence-electron chi connectivity index (χ2n) is 6.54. The van der Waals surface area contributed by atoms with Crippen molar-refractivity contribution in [1.82, 2.24) is 5.32 Å². The molecule has 0 aromatic heterocycles. The first-order valence-electron chi connectivity index (χ1n) is 8.88. The normalized spacial score (nSPS) is 12.6. The minimum atomic E-state index is 0.636. The zero-order chi connectivity index (χ0) is 15.7. The van der Waals surface area contributed by atoms with Crippen LogP contribution in [0.5, 0.6) is 0 Å². The van der Waals surface area contributed by atoms with Crippen molar-refractivity contribution in [1.29, 1.82) is 0 Å². The Kier molecular flexibility index (Phi) is 8.68. The summed E-state index contributed by atoms with van der Waals surface area (Å²) >= 11 is 0. The molecule has 0 fully saturated rings. The van der Waals surface area contributed by atoms with Crippen molar-refractivity contribution in [3.05, 3.63) is 34.4 Å². The van der Waals surface area contributed by atoms with Crippen LogP contribution >= 0.6 is 0 Å². The second-order valence-corrected chi connectivity index (χ2v) is 6.54. The maximum absolute atomic E-state index is 3.69. The Morgan fingerprint density at radius 2 is 1.52 bits per heavy atom. The van der Waals surface area contributed by atoms with E-state index in [0.717, 1.165) is 6.54 Å². The van der Waals surface area contributed by atoms with E-state index in [0.29, 0.717) is 6.04 Å². The molecule has 21 heavy (non-hydrogen) atoms. The van der Waals surface area contributed by atoms with E-state index in [1.54, 1.807) is 5.56 Å². The standard InChI is InChI=1S/C20H35N/c1-6-8-9-10-11-12-19(21-7-2)15-20-17(4)13-16(3)14-18(20)5/h13-14,19,21H,6-12,15H2,1-5H3. The molecule has 0 radical (unpaired) electrons. The number of hydrogen-bond donors (Lipinski definition) is 1. The highest BCUT2D eigenvalue weighted by Gasteiger charge is 2.12. The van der Waals surface area contributed by atoms with Gasteiger partial charge in [0.15, 0.2) is 0 Å². The summed E-state index contributed by atoms with van der Waals surface area (Å²) in [6.45, 7) is 12.3. The molecule has 1 aromatic rings. The first kappa shape index (κ1) is 18.2. The van der Waals surface area contributed by atoms with E-state index >= 15 is 0 Å². The van der Waals surface area contributed by atoms with Crippen molar-refractivity contribution in [2.75, 3.05) is 6.54 Å².